The standard InChI is InChI=1S/C23H32N2O.ClH/c1-4-24-14-16-25(17-15-24)18-19-26-22-12-10-21(11-13-22)23(2,3)20-8-6-5-7-9-20;/h5-13H,4,14-19H2,1-3H3;1H/p-1. The van der Waals surface area contributed by atoms with E-state index in [-0.39, 0.29) is 17.8 Å². The molecule has 0 amide bonds. The molecule has 0 saturated carbocycles. The van der Waals surface area contributed by atoms with Crippen LogP contribution in [0.4, 0.5) is 0 Å². The highest BCUT2D eigenvalue weighted by Gasteiger charge is 2.22. The molecule has 1 aliphatic rings. The minimum absolute atomic E-state index is 0. The summed E-state index contributed by atoms with van der Waals surface area (Å²) in [6.07, 6.45) is 0. The number of ether oxygens (including phenoxy) is 1. The van der Waals surface area contributed by atoms with Crippen LogP contribution in [0.15, 0.2) is 54.6 Å². The number of rotatable bonds is 7. The van der Waals surface area contributed by atoms with Crippen molar-refractivity contribution in [1.82, 2.24) is 9.80 Å². The van der Waals surface area contributed by atoms with Crippen molar-refractivity contribution in [3.05, 3.63) is 65.7 Å². The second kappa shape index (κ2) is 10.1. The molecule has 148 valence electrons. The molecule has 4 heteroatoms. The fourth-order valence-corrected chi connectivity index (χ4v) is 3.61. The molecule has 1 aliphatic heterocycles. The molecule has 3 rings (SSSR count). The van der Waals surface area contributed by atoms with Crippen molar-refractivity contribution in [3.8, 4) is 5.75 Å². The second-order valence-corrected chi connectivity index (χ2v) is 7.64. The van der Waals surface area contributed by atoms with Gasteiger partial charge in [0.15, 0.2) is 0 Å². The molecular weight excluding hydrogens is 356 g/mol. The van der Waals surface area contributed by atoms with E-state index in [0.29, 0.717) is 0 Å². The molecule has 1 saturated heterocycles. The average molecular weight is 388 g/mol. The maximum Gasteiger partial charge on any atom is 0.119 e. The largest absolute Gasteiger partial charge is 1.00 e. The van der Waals surface area contributed by atoms with Crippen molar-refractivity contribution >= 4 is 0 Å². The fraction of sp³-hybridized carbons (Fsp3) is 0.478. The molecule has 0 spiro atoms. The molecule has 0 atom stereocenters. The first-order valence-corrected chi connectivity index (χ1v) is 9.83. The van der Waals surface area contributed by atoms with Gasteiger partial charge >= 0.3 is 0 Å². The van der Waals surface area contributed by atoms with Crippen molar-refractivity contribution in [2.75, 3.05) is 45.9 Å². The van der Waals surface area contributed by atoms with Gasteiger partial charge in [-0.3, -0.25) is 4.90 Å². The number of hydrogen-bond acceptors (Lipinski definition) is 3. The highest BCUT2D eigenvalue weighted by molar-refractivity contribution is 5.39. The Balaban J connectivity index is 0.00000261. The predicted molar refractivity (Wildman–Crippen MR) is 109 cm³/mol. The van der Waals surface area contributed by atoms with Gasteiger partial charge in [0, 0.05) is 38.1 Å². The lowest BCUT2D eigenvalue weighted by Gasteiger charge is -2.33. The maximum atomic E-state index is 5.98. The first-order chi connectivity index (χ1) is 12.6. The number of halogens is 1. The van der Waals surface area contributed by atoms with Gasteiger partial charge in [-0.15, -0.1) is 0 Å². The van der Waals surface area contributed by atoms with Gasteiger partial charge in [-0.2, -0.15) is 0 Å². The molecule has 0 unspecified atom stereocenters. The third kappa shape index (κ3) is 5.71. The van der Waals surface area contributed by atoms with Crippen LogP contribution in [-0.4, -0.2) is 55.7 Å². The molecule has 2 aromatic carbocycles. The molecule has 0 N–H and O–H groups in total. The Bertz CT molecular complexity index is 665. The van der Waals surface area contributed by atoms with Gasteiger partial charge in [0.1, 0.15) is 12.4 Å². The lowest BCUT2D eigenvalue weighted by Crippen LogP contribution is -3.00. The van der Waals surface area contributed by atoms with Crippen LogP contribution in [0.3, 0.4) is 0 Å². The molecular formula is C23H32ClN2O-. The van der Waals surface area contributed by atoms with E-state index in [1.54, 1.807) is 0 Å². The Morgan fingerprint density at radius 3 is 1.96 bits per heavy atom. The molecule has 0 aromatic heterocycles. The summed E-state index contributed by atoms with van der Waals surface area (Å²) in [5, 5.41) is 0. The number of likely N-dealkylation sites (N-methyl/N-ethyl adjacent to an activating group) is 1. The maximum absolute atomic E-state index is 5.98. The van der Waals surface area contributed by atoms with Gasteiger partial charge in [0.05, 0.1) is 0 Å². The van der Waals surface area contributed by atoms with Crippen LogP contribution >= 0.6 is 0 Å². The molecule has 27 heavy (non-hydrogen) atoms. The van der Waals surface area contributed by atoms with Gasteiger partial charge in [-0.25, -0.2) is 0 Å². The molecule has 1 fully saturated rings. The minimum Gasteiger partial charge on any atom is -1.00 e. The Labute approximate surface area is 170 Å². The van der Waals surface area contributed by atoms with E-state index in [0.717, 1.165) is 38.5 Å². The van der Waals surface area contributed by atoms with E-state index in [2.05, 4.69) is 85.2 Å². The van der Waals surface area contributed by atoms with Gasteiger partial charge < -0.3 is 22.0 Å². The van der Waals surface area contributed by atoms with Crippen LogP contribution in [0.1, 0.15) is 31.9 Å². The van der Waals surface area contributed by atoms with Crippen LogP contribution in [0.5, 0.6) is 5.75 Å². The second-order valence-electron chi connectivity index (χ2n) is 7.64. The first-order valence-electron chi connectivity index (χ1n) is 9.83. The van der Waals surface area contributed by atoms with Crippen molar-refractivity contribution < 1.29 is 17.1 Å². The predicted octanol–water partition coefficient (Wildman–Crippen LogP) is 1.03. The lowest BCUT2D eigenvalue weighted by atomic mass is 9.78. The van der Waals surface area contributed by atoms with Crippen molar-refractivity contribution in [2.45, 2.75) is 26.2 Å². The topological polar surface area (TPSA) is 15.7 Å². The van der Waals surface area contributed by atoms with Gasteiger partial charge in [-0.1, -0.05) is 63.2 Å². The highest BCUT2D eigenvalue weighted by atomic mass is 35.5. The molecule has 1 heterocycles. The van der Waals surface area contributed by atoms with E-state index in [1.807, 2.05) is 0 Å². The normalized spacial score (nSPS) is 16.0. The summed E-state index contributed by atoms with van der Waals surface area (Å²) in [5.41, 5.74) is 2.64. The molecule has 3 nitrogen and oxygen atoms in total. The fourth-order valence-electron chi connectivity index (χ4n) is 3.61. The van der Waals surface area contributed by atoms with E-state index in [9.17, 15) is 0 Å². The summed E-state index contributed by atoms with van der Waals surface area (Å²) in [7, 11) is 0. The Kier molecular flexibility index (Phi) is 8.15. The Morgan fingerprint density at radius 2 is 1.37 bits per heavy atom. The van der Waals surface area contributed by atoms with Gasteiger partial charge in [-0.05, 0) is 29.8 Å². The van der Waals surface area contributed by atoms with E-state index in [1.165, 1.54) is 24.2 Å². The summed E-state index contributed by atoms with van der Waals surface area (Å²) in [6.45, 7) is 14.4. The third-order valence-electron chi connectivity index (χ3n) is 5.66. The van der Waals surface area contributed by atoms with Crippen molar-refractivity contribution in [1.29, 1.82) is 0 Å². The minimum atomic E-state index is -0.00125. The van der Waals surface area contributed by atoms with Crippen LogP contribution in [-0.2, 0) is 5.41 Å². The zero-order valence-corrected chi connectivity index (χ0v) is 17.6. The lowest BCUT2D eigenvalue weighted by molar-refractivity contribution is -0.00000610. The smallest absolute Gasteiger partial charge is 0.119 e. The van der Waals surface area contributed by atoms with Gasteiger partial charge in [0.25, 0.3) is 0 Å². The highest BCUT2D eigenvalue weighted by Crippen LogP contribution is 2.32. The summed E-state index contributed by atoms with van der Waals surface area (Å²) < 4.78 is 5.98. The molecule has 2 aromatic rings. The summed E-state index contributed by atoms with van der Waals surface area (Å²) in [6, 6.07) is 19.3. The third-order valence-corrected chi connectivity index (χ3v) is 5.66. The van der Waals surface area contributed by atoms with Crippen LogP contribution in [0.25, 0.3) is 0 Å². The molecule has 0 bridgehead atoms. The number of nitrogens with zero attached hydrogens (tertiary/aromatic N) is 2. The summed E-state index contributed by atoms with van der Waals surface area (Å²) in [4.78, 5) is 5.00. The van der Waals surface area contributed by atoms with Crippen molar-refractivity contribution in [2.24, 2.45) is 0 Å². The molecule has 0 aliphatic carbocycles. The Morgan fingerprint density at radius 1 is 0.815 bits per heavy atom. The van der Waals surface area contributed by atoms with Crippen LogP contribution < -0.4 is 17.1 Å². The summed E-state index contributed by atoms with van der Waals surface area (Å²) >= 11 is 0. The van der Waals surface area contributed by atoms with Crippen molar-refractivity contribution in [3.63, 3.8) is 0 Å². The zero-order chi connectivity index (χ0) is 18.4. The quantitative estimate of drug-likeness (QED) is 0.705. The Hall–Kier alpha value is -1.55. The van der Waals surface area contributed by atoms with E-state index < -0.39 is 0 Å². The monoisotopic (exact) mass is 387 g/mol. The average Bonchev–Trinajstić information content (AvgIpc) is 2.69. The molecule has 0 radical (unpaired) electrons. The zero-order valence-electron chi connectivity index (χ0n) is 16.8. The SMILES string of the molecule is CCN1CCN(CCOc2ccc(C(C)(C)c3ccccc3)cc2)CC1.[Cl-]. The number of hydrogen-bond donors (Lipinski definition) is 0. The number of benzene rings is 2. The number of piperazine rings is 1. The first kappa shape index (κ1) is 21.7. The van der Waals surface area contributed by atoms with E-state index >= 15 is 0 Å². The van der Waals surface area contributed by atoms with Crippen LogP contribution in [0.2, 0.25) is 0 Å². The van der Waals surface area contributed by atoms with Crippen LogP contribution in [0, 0.1) is 0 Å². The van der Waals surface area contributed by atoms with E-state index in [4.69, 9.17) is 4.74 Å². The summed E-state index contributed by atoms with van der Waals surface area (Å²) in [5.74, 6) is 0.963. The van der Waals surface area contributed by atoms with Gasteiger partial charge in [0.2, 0.25) is 0 Å².